The number of ether oxygens (including phenoxy) is 1. The van der Waals surface area contributed by atoms with Crippen LogP contribution in [0.3, 0.4) is 0 Å². The van der Waals surface area contributed by atoms with Gasteiger partial charge in [-0.1, -0.05) is 6.42 Å². The van der Waals surface area contributed by atoms with Gasteiger partial charge in [0.15, 0.2) is 0 Å². The van der Waals surface area contributed by atoms with Crippen molar-refractivity contribution in [1.82, 2.24) is 0 Å². The van der Waals surface area contributed by atoms with Crippen molar-refractivity contribution < 1.29 is 14.3 Å². The van der Waals surface area contributed by atoms with Crippen LogP contribution in [-0.2, 0) is 14.3 Å². The Hall–Kier alpha value is -0.860. The van der Waals surface area contributed by atoms with Gasteiger partial charge in [0.05, 0.1) is 5.92 Å². The number of esters is 1. The molecule has 3 nitrogen and oxygen atoms in total. The SMILES string of the molecule is CC(=O)C[C@@H]1C(=O)O[C@@H]2CCCC[C@@H]12. The summed E-state index contributed by atoms with van der Waals surface area (Å²) in [5.41, 5.74) is 0. The van der Waals surface area contributed by atoms with Crippen LogP contribution < -0.4 is 0 Å². The molecule has 1 aliphatic carbocycles. The van der Waals surface area contributed by atoms with Crippen LogP contribution in [0.15, 0.2) is 0 Å². The smallest absolute Gasteiger partial charge is 0.310 e. The average molecular weight is 196 g/mol. The Kier molecular flexibility index (Phi) is 2.57. The van der Waals surface area contributed by atoms with Crippen molar-refractivity contribution in [3.8, 4) is 0 Å². The van der Waals surface area contributed by atoms with E-state index in [0.29, 0.717) is 12.3 Å². The monoisotopic (exact) mass is 196 g/mol. The normalized spacial score (nSPS) is 36.4. The second-order valence-electron chi connectivity index (χ2n) is 4.44. The molecule has 1 saturated heterocycles. The second kappa shape index (κ2) is 3.71. The van der Waals surface area contributed by atoms with Crippen molar-refractivity contribution in [3.05, 3.63) is 0 Å². The summed E-state index contributed by atoms with van der Waals surface area (Å²) in [6.45, 7) is 1.55. The van der Waals surface area contributed by atoms with E-state index in [1.54, 1.807) is 6.92 Å². The van der Waals surface area contributed by atoms with E-state index in [0.717, 1.165) is 19.3 Å². The van der Waals surface area contributed by atoms with Gasteiger partial charge < -0.3 is 9.53 Å². The molecular weight excluding hydrogens is 180 g/mol. The average Bonchev–Trinajstić information content (AvgIpc) is 2.43. The molecule has 2 aliphatic rings. The summed E-state index contributed by atoms with van der Waals surface area (Å²) < 4.78 is 5.29. The standard InChI is InChI=1S/C11H16O3/c1-7(12)6-9-8-4-2-3-5-10(8)14-11(9)13/h8-10H,2-6H2,1H3/t8-,9-,10+/m0/s1. The third kappa shape index (κ3) is 1.68. The number of Topliss-reactive ketones (excluding diaryl/α,β-unsaturated/α-hetero) is 1. The molecule has 0 aromatic carbocycles. The van der Waals surface area contributed by atoms with Crippen LogP contribution in [0, 0.1) is 11.8 Å². The molecule has 78 valence electrons. The largest absolute Gasteiger partial charge is 0.462 e. The Morgan fingerprint density at radius 1 is 1.43 bits per heavy atom. The van der Waals surface area contributed by atoms with Gasteiger partial charge in [0.1, 0.15) is 11.9 Å². The van der Waals surface area contributed by atoms with Crippen molar-refractivity contribution >= 4 is 11.8 Å². The third-order valence-electron chi connectivity index (χ3n) is 3.35. The van der Waals surface area contributed by atoms with Crippen molar-refractivity contribution in [2.75, 3.05) is 0 Å². The van der Waals surface area contributed by atoms with Gasteiger partial charge in [0.25, 0.3) is 0 Å². The Morgan fingerprint density at radius 3 is 2.86 bits per heavy atom. The van der Waals surface area contributed by atoms with Crippen LogP contribution in [-0.4, -0.2) is 17.9 Å². The molecule has 0 aromatic rings. The van der Waals surface area contributed by atoms with Crippen molar-refractivity contribution in [1.29, 1.82) is 0 Å². The predicted molar refractivity (Wildman–Crippen MR) is 50.6 cm³/mol. The van der Waals surface area contributed by atoms with Crippen LogP contribution in [0.5, 0.6) is 0 Å². The molecule has 1 aliphatic heterocycles. The maximum atomic E-state index is 11.5. The highest BCUT2D eigenvalue weighted by Gasteiger charge is 2.45. The summed E-state index contributed by atoms with van der Waals surface area (Å²) in [6, 6.07) is 0. The quantitative estimate of drug-likeness (QED) is 0.631. The van der Waals surface area contributed by atoms with Crippen LogP contribution in [0.1, 0.15) is 39.0 Å². The fourth-order valence-corrected chi connectivity index (χ4v) is 2.69. The molecule has 1 heterocycles. The van der Waals surface area contributed by atoms with Crippen LogP contribution in [0.2, 0.25) is 0 Å². The maximum absolute atomic E-state index is 11.5. The van der Waals surface area contributed by atoms with E-state index < -0.39 is 0 Å². The molecule has 0 radical (unpaired) electrons. The van der Waals surface area contributed by atoms with Crippen molar-refractivity contribution in [2.24, 2.45) is 11.8 Å². The van der Waals surface area contributed by atoms with Gasteiger partial charge in [-0.15, -0.1) is 0 Å². The van der Waals surface area contributed by atoms with E-state index >= 15 is 0 Å². The molecule has 14 heavy (non-hydrogen) atoms. The van der Waals surface area contributed by atoms with E-state index in [4.69, 9.17) is 4.74 Å². The maximum Gasteiger partial charge on any atom is 0.310 e. The lowest BCUT2D eigenvalue weighted by Gasteiger charge is -2.24. The summed E-state index contributed by atoms with van der Waals surface area (Å²) in [6.07, 6.45) is 4.85. The number of rotatable bonds is 2. The van der Waals surface area contributed by atoms with E-state index in [2.05, 4.69) is 0 Å². The molecule has 3 heteroatoms. The Bertz CT molecular complexity index is 259. The molecule has 0 amide bonds. The van der Waals surface area contributed by atoms with E-state index in [1.807, 2.05) is 0 Å². The van der Waals surface area contributed by atoms with Gasteiger partial charge in [0.2, 0.25) is 0 Å². The van der Waals surface area contributed by atoms with Crippen molar-refractivity contribution in [3.63, 3.8) is 0 Å². The second-order valence-corrected chi connectivity index (χ2v) is 4.44. The first-order valence-electron chi connectivity index (χ1n) is 5.38. The minimum atomic E-state index is -0.142. The lowest BCUT2D eigenvalue weighted by Crippen LogP contribution is -2.25. The summed E-state index contributed by atoms with van der Waals surface area (Å²) in [5, 5.41) is 0. The number of ketones is 1. The molecule has 0 N–H and O–H groups in total. The highest BCUT2D eigenvalue weighted by Crippen LogP contribution is 2.40. The molecule has 0 bridgehead atoms. The first-order valence-corrected chi connectivity index (χ1v) is 5.38. The highest BCUT2D eigenvalue weighted by atomic mass is 16.6. The summed E-state index contributed by atoms with van der Waals surface area (Å²) in [4.78, 5) is 22.5. The van der Waals surface area contributed by atoms with Gasteiger partial charge in [0, 0.05) is 12.3 Å². The molecule has 0 aromatic heterocycles. The highest BCUT2D eigenvalue weighted by molar-refractivity contribution is 5.84. The first kappa shape index (κ1) is 9.69. The molecular formula is C11H16O3. The lowest BCUT2D eigenvalue weighted by molar-refractivity contribution is -0.145. The van der Waals surface area contributed by atoms with E-state index in [9.17, 15) is 9.59 Å². The molecule has 1 saturated carbocycles. The molecule has 2 rings (SSSR count). The Morgan fingerprint density at radius 2 is 2.14 bits per heavy atom. The summed E-state index contributed by atoms with van der Waals surface area (Å²) >= 11 is 0. The van der Waals surface area contributed by atoms with Crippen molar-refractivity contribution in [2.45, 2.75) is 45.1 Å². The fourth-order valence-electron chi connectivity index (χ4n) is 2.69. The third-order valence-corrected chi connectivity index (χ3v) is 3.35. The number of carbonyl (C=O) groups is 2. The van der Waals surface area contributed by atoms with E-state index in [1.165, 1.54) is 6.42 Å². The fraction of sp³-hybridized carbons (Fsp3) is 0.818. The summed E-state index contributed by atoms with van der Waals surface area (Å²) in [5.74, 6) is 0.133. The van der Waals surface area contributed by atoms with E-state index in [-0.39, 0.29) is 23.8 Å². The molecule has 0 spiro atoms. The van der Waals surface area contributed by atoms with Gasteiger partial charge in [-0.3, -0.25) is 4.79 Å². The molecule has 3 atom stereocenters. The van der Waals surface area contributed by atoms with Crippen LogP contribution >= 0.6 is 0 Å². The number of hydrogen-bond acceptors (Lipinski definition) is 3. The number of carbonyl (C=O) groups excluding carboxylic acids is 2. The summed E-state index contributed by atoms with van der Waals surface area (Å²) in [7, 11) is 0. The van der Waals surface area contributed by atoms with Gasteiger partial charge in [-0.2, -0.15) is 0 Å². The zero-order valence-electron chi connectivity index (χ0n) is 8.49. The number of fused-ring (bicyclic) bond motifs is 1. The Labute approximate surface area is 83.8 Å². The van der Waals surface area contributed by atoms with Gasteiger partial charge >= 0.3 is 5.97 Å². The molecule has 0 unspecified atom stereocenters. The first-order chi connectivity index (χ1) is 6.68. The van der Waals surface area contributed by atoms with Crippen LogP contribution in [0.25, 0.3) is 0 Å². The van der Waals surface area contributed by atoms with Crippen LogP contribution in [0.4, 0.5) is 0 Å². The number of hydrogen-bond donors (Lipinski definition) is 0. The van der Waals surface area contributed by atoms with Gasteiger partial charge in [-0.25, -0.2) is 0 Å². The van der Waals surface area contributed by atoms with Gasteiger partial charge in [-0.05, 0) is 26.2 Å². The zero-order chi connectivity index (χ0) is 10.1. The topological polar surface area (TPSA) is 43.4 Å². The Balaban J connectivity index is 2.07. The minimum Gasteiger partial charge on any atom is -0.462 e. The minimum absolute atomic E-state index is 0.0955. The predicted octanol–water partition coefficient (Wildman–Crippen LogP) is 1.70. The zero-order valence-corrected chi connectivity index (χ0v) is 8.49. The lowest BCUT2D eigenvalue weighted by atomic mass is 9.78. The molecule has 2 fully saturated rings.